The van der Waals surface area contributed by atoms with Gasteiger partial charge in [-0.05, 0) is 35.2 Å². The van der Waals surface area contributed by atoms with Gasteiger partial charge in [-0.3, -0.25) is 4.79 Å². The zero-order valence-corrected chi connectivity index (χ0v) is 14.1. The van der Waals surface area contributed by atoms with Crippen LogP contribution in [0.3, 0.4) is 0 Å². The Labute approximate surface area is 139 Å². The molecule has 2 aromatic heterocycles. The van der Waals surface area contributed by atoms with E-state index in [0.717, 1.165) is 31.4 Å². The van der Waals surface area contributed by atoms with Crippen molar-refractivity contribution in [1.82, 2.24) is 15.0 Å². The smallest absolute Gasteiger partial charge is 0.252 e. The van der Waals surface area contributed by atoms with Crippen LogP contribution in [-0.4, -0.2) is 40.1 Å². The summed E-state index contributed by atoms with van der Waals surface area (Å²) in [6.45, 7) is 3.74. The molecule has 3 rings (SSSR count). The van der Waals surface area contributed by atoms with E-state index < -0.39 is 0 Å². The van der Waals surface area contributed by atoms with Gasteiger partial charge in [0.2, 0.25) is 5.91 Å². The van der Waals surface area contributed by atoms with Crippen molar-refractivity contribution in [2.45, 2.75) is 45.3 Å². The summed E-state index contributed by atoms with van der Waals surface area (Å²) in [4.78, 5) is 18.5. The summed E-state index contributed by atoms with van der Waals surface area (Å²) < 4.78 is 11.0. The third-order valence-corrected chi connectivity index (χ3v) is 4.67. The highest BCUT2D eigenvalue weighted by molar-refractivity contribution is 7.07. The molecule has 1 fully saturated rings. The highest BCUT2D eigenvalue weighted by atomic mass is 32.1. The molecule has 2 aromatic rings. The first kappa shape index (κ1) is 16.1. The zero-order valence-electron chi connectivity index (χ0n) is 13.2. The van der Waals surface area contributed by atoms with E-state index in [9.17, 15) is 4.79 Å². The number of carbonyl (C=O) groups excluding carboxylic acids is 1. The lowest BCUT2D eigenvalue weighted by Crippen LogP contribution is -2.43. The topological polar surface area (TPSA) is 68.5 Å². The average molecular weight is 335 g/mol. The van der Waals surface area contributed by atoms with Gasteiger partial charge in [0.25, 0.3) is 5.89 Å². The molecule has 23 heavy (non-hydrogen) atoms. The maximum atomic E-state index is 12.4. The van der Waals surface area contributed by atoms with Gasteiger partial charge >= 0.3 is 0 Å². The summed E-state index contributed by atoms with van der Waals surface area (Å²) in [7, 11) is 0. The van der Waals surface area contributed by atoms with E-state index in [4.69, 9.17) is 9.26 Å². The van der Waals surface area contributed by atoms with E-state index in [-0.39, 0.29) is 12.0 Å². The van der Waals surface area contributed by atoms with Crippen molar-refractivity contribution in [3.05, 3.63) is 34.1 Å². The molecular weight excluding hydrogens is 314 g/mol. The number of piperidine rings is 1. The fourth-order valence-electron chi connectivity index (χ4n) is 2.66. The Morgan fingerprint density at radius 3 is 3.22 bits per heavy atom. The first-order valence-corrected chi connectivity index (χ1v) is 8.90. The number of thiophene rings is 1. The van der Waals surface area contributed by atoms with Crippen molar-refractivity contribution < 1.29 is 14.1 Å². The molecule has 7 heteroatoms. The monoisotopic (exact) mass is 335 g/mol. The standard InChI is InChI=1S/C16H21N3O3S/c1-2-14-17-15(22-18-14)10-21-13-4-3-6-19(9-13)16(20)8-12-5-7-23-11-12/h5,7,11,13H,2-4,6,8-10H2,1H3. The van der Waals surface area contributed by atoms with Crippen LogP contribution in [0.25, 0.3) is 0 Å². The van der Waals surface area contributed by atoms with Crippen LogP contribution in [0.2, 0.25) is 0 Å². The molecule has 0 bridgehead atoms. The number of likely N-dealkylation sites (tertiary alicyclic amines) is 1. The molecule has 0 radical (unpaired) electrons. The van der Waals surface area contributed by atoms with Gasteiger partial charge in [0.1, 0.15) is 6.61 Å². The van der Waals surface area contributed by atoms with Crippen LogP contribution >= 0.6 is 11.3 Å². The minimum absolute atomic E-state index is 0.0344. The number of hydrogen-bond donors (Lipinski definition) is 0. The Bertz CT molecular complexity index is 626. The molecule has 124 valence electrons. The van der Waals surface area contributed by atoms with Gasteiger partial charge in [-0.2, -0.15) is 16.3 Å². The van der Waals surface area contributed by atoms with Gasteiger partial charge in [-0.1, -0.05) is 12.1 Å². The van der Waals surface area contributed by atoms with Crippen LogP contribution in [-0.2, 0) is 29.0 Å². The Kier molecular flexibility index (Phi) is 5.40. The van der Waals surface area contributed by atoms with Crippen LogP contribution < -0.4 is 0 Å². The Hall–Kier alpha value is -1.73. The quantitative estimate of drug-likeness (QED) is 0.811. The lowest BCUT2D eigenvalue weighted by Gasteiger charge is -2.32. The second kappa shape index (κ2) is 7.70. The molecule has 0 aliphatic carbocycles. The maximum absolute atomic E-state index is 12.4. The Morgan fingerprint density at radius 2 is 2.48 bits per heavy atom. The summed E-state index contributed by atoms with van der Waals surface area (Å²) in [6, 6.07) is 2.00. The first-order valence-electron chi connectivity index (χ1n) is 7.96. The molecule has 1 unspecified atom stereocenters. The van der Waals surface area contributed by atoms with Crippen LogP contribution in [0.5, 0.6) is 0 Å². The first-order chi connectivity index (χ1) is 11.2. The predicted octanol–water partition coefficient (Wildman–Crippen LogP) is 2.44. The molecule has 0 spiro atoms. The molecule has 3 heterocycles. The number of amides is 1. The number of aryl methyl sites for hydroxylation is 1. The molecule has 0 saturated carbocycles. The van der Waals surface area contributed by atoms with Gasteiger partial charge < -0.3 is 14.2 Å². The molecule has 1 atom stereocenters. The molecule has 1 aliphatic rings. The summed E-state index contributed by atoms with van der Waals surface area (Å²) in [5, 5.41) is 7.88. The van der Waals surface area contributed by atoms with Gasteiger partial charge in [0.05, 0.1) is 12.5 Å². The molecule has 1 saturated heterocycles. The molecule has 0 N–H and O–H groups in total. The van der Waals surface area contributed by atoms with Gasteiger partial charge in [0, 0.05) is 19.5 Å². The average Bonchev–Trinajstić information content (AvgIpc) is 3.24. The summed E-state index contributed by atoms with van der Waals surface area (Å²) in [5.41, 5.74) is 1.08. The van der Waals surface area contributed by atoms with E-state index in [1.54, 1.807) is 11.3 Å². The second-order valence-electron chi connectivity index (χ2n) is 5.68. The van der Waals surface area contributed by atoms with Crippen LogP contribution in [0.1, 0.15) is 37.0 Å². The van der Waals surface area contributed by atoms with Gasteiger partial charge in [-0.15, -0.1) is 0 Å². The third-order valence-electron chi connectivity index (χ3n) is 3.94. The fourth-order valence-corrected chi connectivity index (χ4v) is 3.33. The van der Waals surface area contributed by atoms with E-state index in [0.29, 0.717) is 31.3 Å². The van der Waals surface area contributed by atoms with E-state index in [1.165, 1.54) is 0 Å². The fraction of sp³-hybridized carbons (Fsp3) is 0.562. The second-order valence-corrected chi connectivity index (χ2v) is 6.46. The minimum Gasteiger partial charge on any atom is -0.367 e. The highest BCUT2D eigenvalue weighted by Crippen LogP contribution is 2.17. The van der Waals surface area contributed by atoms with Crippen molar-refractivity contribution in [2.75, 3.05) is 13.1 Å². The molecular formula is C16H21N3O3S. The van der Waals surface area contributed by atoms with Crippen molar-refractivity contribution >= 4 is 17.2 Å². The van der Waals surface area contributed by atoms with E-state index >= 15 is 0 Å². The number of aromatic nitrogens is 2. The highest BCUT2D eigenvalue weighted by Gasteiger charge is 2.24. The summed E-state index contributed by atoms with van der Waals surface area (Å²) in [6.07, 6.45) is 3.17. The number of carbonyl (C=O) groups is 1. The van der Waals surface area contributed by atoms with Gasteiger partial charge in [-0.25, -0.2) is 0 Å². The number of hydrogen-bond acceptors (Lipinski definition) is 6. The Morgan fingerprint density at radius 1 is 1.57 bits per heavy atom. The predicted molar refractivity (Wildman–Crippen MR) is 86.1 cm³/mol. The molecule has 6 nitrogen and oxygen atoms in total. The summed E-state index contributed by atoms with van der Waals surface area (Å²) in [5.74, 6) is 1.37. The van der Waals surface area contributed by atoms with E-state index in [1.807, 2.05) is 28.7 Å². The van der Waals surface area contributed by atoms with Crippen LogP contribution in [0.15, 0.2) is 21.3 Å². The lowest BCUT2D eigenvalue weighted by molar-refractivity contribution is -0.135. The number of nitrogens with zero attached hydrogens (tertiary/aromatic N) is 3. The van der Waals surface area contributed by atoms with Crippen molar-refractivity contribution in [3.63, 3.8) is 0 Å². The Balaban J connectivity index is 1.48. The normalized spacial score (nSPS) is 18.3. The zero-order chi connectivity index (χ0) is 16.1. The maximum Gasteiger partial charge on any atom is 0.252 e. The summed E-state index contributed by atoms with van der Waals surface area (Å²) >= 11 is 1.62. The molecule has 1 aliphatic heterocycles. The minimum atomic E-state index is 0.0344. The molecule has 1 amide bonds. The van der Waals surface area contributed by atoms with Crippen LogP contribution in [0.4, 0.5) is 0 Å². The van der Waals surface area contributed by atoms with Crippen molar-refractivity contribution in [1.29, 1.82) is 0 Å². The van der Waals surface area contributed by atoms with Gasteiger partial charge in [0.15, 0.2) is 5.82 Å². The third kappa shape index (κ3) is 4.39. The largest absolute Gasteiger partial charge is 0.367 e. The number of ether oxygens (including phenoxy) is 1. The van der Waals surface area contributed by atoms with Crippen molar-refractivity contribution in [2.24, 2.45) is 0 Å². The number of rotatable bonds is 6. The van der Waals surface area contributed by atoms with Crippen molar-refractivity contribution in [3.8, 4) is 0 Å². The molecule has 0 aromatic carbocycles. The lowest BCUT2D eigenvalue weighted by atomic mass is 10.1. The van der Waals surface area contributed by atoms with E-state index in [2.05, 4.69) is 10.1 Å². The SMILES string of the molecule is CCc1noc(COC2CCCN(C(=O)Cc3ccsc3)C2)n1. The van der Waals surface area contributed by atoms with Crippen LogP contribution in [0, 0.1) is 0 Å².